The first kappa shape index (κ1) is 20.5. The Morgan fingerprint density at radius 3 is 2.52 bits per heavy atom. The van der Waals surface area contributed by atoms with Crippen LogP contribution in [-0.2, 0) is 11.3 Å². The molecular formula is C22H20FN3O5. The Morgan fingerprint density at radius 1 is 1.10 bits per heavy atom. The lowest BCUT2D eigenvalue weighted by Crippen LogP contribution is -2.40. The second-order valence-electron chi connectivity index (χ2n) is 7.58. The number of piperidine rings is 1. The summed E-state index contributed by atoms with van der Waals surface area (Å²) in [5.74, 6) is -2.59. The molecule has 9 heteroatoms. The van der Waals surface area contributed by atoms with Crippen LogP contribution < -0.4 is 11.2 Å². The summed E-state index contributed by atoms with van der Waals surface area (Å²) >= 11 is 0. The highest BCUT2D eigenvalue weighted by molar-refractivity contribution is 5.95. The van der Waals surface area contributed by atoms with Gasteiger partial charge in [-0.3, -0.25) is 23.9 Å². The van der Waals surface area contributed by atoms with Gasteiger partial charge in [0.1, 0.15) is 5.82 Å². The number of para-hydroxylation sites is 1. The molecule has 0 unspecified atom stereocenters. The van der Waals surface area contributed by atoms with Crippen LogP contribution in [0.15, 0.2) is 52.1 Å². The fourth-order valence-corrected chi connectivity index (χ4v) is 3.92. The highest BCUT2D eigenvalue weighted by Crippen LogP contribution is 2.21. The van der Waals surface area contributed by atoms with Crippen molar-refractivity contribution >= 4 is 22.8 Å². The van der Waals surface area contributed by atoms with Crippen molar-refractivity contribution in [3.05, 3.63) is 80.2 Å². The standard InChI is InChI=1S/C22H20FN3O5/c23-17-6-5-13(11-16(17)20(28)25-9-7-14(8-10-25)21(29)30)12-26-18-4-2-1-3-15(18)19(27)24-22(26)31/h1-6,11,14H,7-10,12H2,(H,29,30)(H,24,27,31). The molecule has 1 aliphatic rings. The van der Waals surface area contributed by atoms with Gasteiger partial charge in [0.05, 0.1) is 28.9 Å². The summed E-state index contributed by atoms with van der Waals surface area (Å²) in [4.78, 5) is 52.1. The van der Waals surface area contributed by atoms with Crippen LogP contribution in [0.5, 0.6) is 0 Å². The van der Waals surface area contributed by atoms with E-state index in [4.69, 9.17) is 5.11 Å². The Kier molecular flexibility index (Phi) is 5.41. The van der Waals surface area contributed by atoms with Crippen LogP contribution >= 0.6 is 0 Å². The number of likely N-dealkylation sites (tertiary alicyclic amines) is 1. The number of benzene rings is 2. The number of fused-ring (bicyclic) bond motifs is 1. The van der Waals surface area contributed by atoms with Crippen LogP contribution in [0.1, 0.15) is 28.8 Å². The summed E-state index contributed by atoms with van der Waals surface area (Å²) in [7, 11) is 0. The van der Waals surface area contributed by atoms with E-state index in [9.17, 15) is 23.6 Å². The number of rotatable bonds is 4. The molecule has 1 aromatic heterocycles. The fourth-order valence-electron chi connectivity index (χ4n) is 3.92. The second-order valence-corrected chi connectivity index (χ2v) is 7.58. The molecule has 31 heavy (non-hydrogen) atoms. The van der Waals surface area contributed by atoms with Gasteiger partial charge in [0.15, 0.2) is 0 Å². The maximum Gasteiger partial charge on any atom is 0.329 e. The molecule has 0 bridgehead atoms. The molecule has 0 saturated carbocycles. The number of carbonyl (C=O) groups excluding carboxylic acids is 1. The van der Waals surface area contributed by atoms with Gasteiger partial charge in [-0.2, -0.15) is 0 Å². The van der Waals surface area contributed by atoms with Crippen LogP contribution in [0.25, 0.3) is 10.9 Å². The van der Waals surface area contributed by atoms with Crippen LogP contribution in [0.3, 0.4) is 0 Å². The van der Waals surface area contributed by atoms with Crippen molar-refractivity contribution in [3.8, 4) is 0 Å². The number of carboxylic acid groups (broad SMARTS) is 1. The number of nitrogens with one attached hydrogen (secondary N) is 1. The summed E-state index contributed by atoms with van der Waals surface area (Å²) in [6.07, 6.45) is 0.641. The Hall–Kier alpha value is -3.75. The van der Waals surface area contributed by atoms with Gasteiger partial charge < -0.3 is 10.0 Å². The third kappa shape index (κ3) is 3.98. The van der Waals surface area contributed by atoms with Gasteiger partial charge in [0.25, 0.3) is 11.5 Å². The Morgan fingerprint density at radius 2 is 1.81 bits per heavy atom. The lowest BCUT2D eigenvalue weighted by Gasteiger charge is -2.30. The lowest BCUT2D eigenvalue weighted by molar-refractivity contribution is -0.143. The van der Waals surface area contributed by atoms with Gasteiger partial charge in [-0.25, -0.2) is 9.18 Å². The maximum atomic E-state index is 14.4. The largest absolute Gasteiger partial charge is 0.481 e. The van der Waals surface area contributed by atoms with E-state index >= 15 is 0 Å². The van der Waals surface area contributed by atoms with E-state index < -0.39 is 34.9 Å². The number of amides is 1. The second kappa shape index (κ2) is 8.17. The molecule has 2 aromatic carbocycles. The number of halogens is 1. The predicted octanol–water partition coefficient (Wildman–Crippen LogP) is 1.81. The molecule has 3 aromatic rings. The molecule has 1 aliphatic heterocycles. The molecule has 0 atom stereocenters. The van der Waals surface area contributed by atoms with Crippen molar-refractivity contribution in [1.82, 2.24) is 14.5 Å². The van der Waals surface area contributed by atoms with Crippen molar-refractivity contribution in [2.75, 3.05) is 13.1 Å². The predicted molar refractivity (Wildman–Crippen MR) is 111 cm³/mol. The average molecular weight is 425 g/mol. The Labute approximate surface area is 175 Å². The molecule has 0 spiro atoms. The number of aromatic nitrogens is 2. The number of hydrogen-bond donors (Lipinski definition) is 2. The molecule has 0 radical (unpaired) electrons. The van der Waals surface area contributed by atoms with Crippen molar-refractivity contribution in [2.45, 2.75) is 19.4 Å². The van der Waals surface area contributed by atoms with Crippen molar-refractivity contribution in [3.63, 3.8) is 0 Å². The quantitative estimate of drug-likeness (QED) is 0.662. The fraction of sp³-hybridized carbons (Fsp3) is 0.273. The number of hydrogen-bond acceptors (Lipinski definition) is 4. The highest BCUT2D eigenvalue weighted by Gasteiger charge is 2.28. The van der Waals surface area contributed by atoms with E-state index in [0.29, 0.717) is 29.3 Å². The topological polar surface area (TPSA) is 112 Å². The summed E-state index contributed by atoms with van der Waals surface area (Å²) in [5, 5.41) is 9.45. The number of aromatic amines is 1. The molecule has 4 rings (SSSR count). The molecule has 2 N–H and O–H groups in total. The Bertz CT molecular complexity index is 1290. The number of nitrogens with zero attached hydrogens (tertiary/aromatic N) is 2. The summed E-state index contributed by atoms with van der Waals surface area (Å²) in [5.41, 5.74) is -0.269. The minimum atomic E-state index is -0.890. The van der Waals surface area contributed by atoms with E-state index in [1.807, 2.05) is 0 Å². The van der Waals surface area contributed by atoms with Crippen LogP contribution in [0.2, 0.25) is 0 Å². The zero-order valence-corrected chi connectivity index (χ0v) is 16.5. The number of H-pyrrole nitrogens is 1. The summed E-state index contributed by atoms with van der Waals surface area (Å²) in [6.45, 7) is 0.519. The first-order valence-electron chi connectivity index (χ1n) is 9.87. The zero-order chi connectivity index (χ0) is 22.1. The highest BCUT2D eigenvalue weighted by atomic mass is 19.1. The number of carbonyl (C=O) groups is 2. The van der Waals surface area contributed by atoms with E-state index in [1.54, 1.807) is 24.3 Å². The van der Waals surface area contributed by atoms with Crippen LogP contribution in [0, 0.1) is 11.7 Å². The van der Waals surface area contributed by atoms with Gasteiger partial charge in [-0.1, -0.05) is 18.2 Å². The van der Waals surface area contributed by atoms with Crippen LogP contribution in [0.4, 0.5) is 4.39 Å². The third-order valence-electron chi connectivity index (χ3n) is 5.64. The van der Waals surface area contributed by atoms with Gasteiger partial charge in [0.2, 0.25) is 0 Å². The SMILES string of the molecule is O=C(O)C1CCN(C(=O)c2cc(Cn3c(=O)[nH]c(=O)c4ccccc43)ccc2F)CC1. The minimum absolute atomic E-state index is 0.0395. The van der Waals surface area contributed by atoms with Crippen molar-refractivity contribution < 1.29 is 19.1 Å². The summed E-state index contributed by atoms with van der Waals surface area (Å²) < 4.78 is 15.8. The third-order valence-corrected chi connectivity index (χ3v) is 5.64. The van der Waals surface area contributed by atoms with Gasteiger partial charge in [-0.05, 0) is 42.7 Å². The van der Waals surface area contributed by atoms with E-state index in [0.717, 1.165) is 0 Å². The maximum absolute atomic E-state index is 14.4. The molecule has 1 saturated heterocycles. The van der Waals surface area contributed by atoms with Gasteiger partial charge in [0, 0.05) is 13.1 Å². The molecule has 160 valence electrons. The van der Waals surface area contributed by atoms with Crippen molar-refractivity contribution in [1.29, 1.82) is 0 Å². The van der Waals surface area contributed by atoms with E-state index in [2.05, 4.69) is 4.98 Å². The average Bonchev–Trinajstić information content (AvgIpc) is 2.77. The number of aliphatic carboxylic acids is 1. The molecule has 0 aliphatic carbocycles. The molecule has 1 amide bonds. The van der Waals surface area contributed by atoms with E-state index in [1.165, 1.54) is 27.7 Å². The summed E-state index contributed by atoms with van der Waals surface area (Å²) in [6, 6.07) is 10.7. The Balaban J connectivity index is 1.63. The van der Waals surface area contributed by atoms with E-state index in [-0.39, 0.29) is 25.2 Å². The molecular weight excluding hydrogens is 405 g/mol. The first-order chi connectivity index (χ1) is 14.8. The smallest absolute Gasteiger partial charge is 0.329 e. The first-order valence-corrected chi connectivity index (χ1v) is 9.87. The number of carboxylic acids is 1. The monoisotopic (exact) mass is 425 g/mol. The normalized spacial score (nSPS) is 14.7. The zero-order valence-electron chi connectivity index (χ0n) is 16.5. The van der Waals surface area contributed by atoms with Crippen molar-refractivity contribution in [2.24, 2.45) is 5.92 Å². The van der Waals surface area contributed by atoms with Gasteiger partial charge >= 0.3 is 11.7 Å². The molecule has 8 nitrogen and oxygen atoms in total. The molecule has 1 fully saturated rings. The van der Waals surface area contributed by atoms with Gasteiger partial charge in [-0.15, -0.1) is 0 Å². The minimum Gasteiger partial charge on any atom is -0.481 e. The molecule has 2 heterocycles. The lowest BCUT2D eigenvalue weighted by atomic mass is 9.96. The van der Waals surface area contributed by atoms with Crippen LogP contribution in [-0.4, -0.2) is 44.5 Å².